The average Bonchev–Trinajstić information content (AvgIpc) is 2.38. The average molecular weight is 355 g/mol. The Kier molecular flexibility index (Phi) is 22.9. The van der Waals surface area contributed by atoms with Gasteiger partial charge in [0.25, 0.3) is 0 Å². The molecule has 0 saturated heterocycles. The van der Waals surface area contributed by atoms with Crippen molar-refractivity contribution in [2.75, 3.05) is 18.3 Å². The first-order valence-electron chi connectivity index (χ1n) is 7.31. The number of thioether (sulfide) groups is 2. The number of nitrogens with two attached hydrogens (primary N) is 2. The molecule has 0 rings (SSSR count). The summed E-state index contributed by atoms with van der Waals surface area (Å²) < 4.78 is 0.458. The van der Waals surface area contributed by atoms with E-state index in [-0.39, 0.29) is 17.2 Å². The Morgan fingerprint density at radius 1 is 0.909 bits per heavy atom. The Labute approximate surface area is 146 Å². The van der Waals surface area contributed by atoms with Gasteiger partial charge in [0, 0.05) is 16.6 Å². The number of carbonyl (C=O) groups excluding carboxylic acids is 2. The van der Waals surface area contributed by atoms with E-state index in [1.807, 2.05) is 23.5 Å². The van der Waals surface area contributed by atoms with Gasteiger partial charge in [-0.05, 0) is 18.3 Å². The lowest BCUT2D eigenvalue weighted by atomic mass is 9.96. The van der Waals surface area contributed by atoms with E-state index in [0.29, 0.717) is 11.2 Å². The van der Waals surface area contributed by atoms with Crippen LogP contribution in [0, 0.1) is 5.41 Å². The lowest BCUT2D eigenvalue weighted by Crippen LogP contribution is -2.27. The second-order valence-corrected chi connectivity index (χ2v) is 9.12. The minimum Gasteiger partial charge on any atom is -0.370 e. The van der Waals surface area contributed by atoms with E-state index in [4.69, 9.17) is 5.73 Å². The van der Waals surface area contributed by atoms with Crippen LogP contribution in [0.4, 0.5) is 0 Å². The predicted molar refractivity (Wildman–Crippen MR) is 105 cm³/mol. The second kappa shape index (κ2) is 17.0. The highest BCUT2D eigenvalue weighted by Crippen LogP contribution is 2.18. The zero-order chi connectivity index (χ0) is 19.0. The Morgan fingerprint density at radius 2 is 1.09 bits per heavy atom. The third-order valence-corrected chi connectivity index (χ3v) is 3.79. The smallest absolute Gasteiger partial charge is 0.222 e. The highest BCUT2D eigenvalue weighted by molar-refractivity contribution is 7.99. The molecule has 136 valence electrons. The second-order valence-electron chi connectivity index (χ2n) is 6.33. The predicted octanol–water partition coefficient (Wildman–Crippen LogP) is 3.92. The van der Waals surface area contributed by atoms with Crippen LogP contribution in [0.2, 0.25) is 0 Å². The molecule has 0 unspecified atom stereocenters. The van der Waals surface area contributed by atoms with Gasteiger partial charge in [-0.15, -0.1) is 0 Å². The third kappa shape index (κ3) is 50.4. The summed E-state index contributed by atoms with van der Waals surface area (Å²) in [6.07, 6.45) is 4.67. The van der Waals surface area contributed by atoms with Crippen molar-refractivity contribution in [3.8, 4) is 0 Å². The van der Waals surface area contributed by atoms with E-state index in [1.165, 1.54) is 5.75 Å². The van der Waals surface area contributed by atoms with E-state index in [2.05, 4.69) is 45.9 Å². The van der Waals surface area contributed by atoms with Crippen LogP contribution in [0.25, 0.3) is 0 Å². The quantitative estimate of drug-likeness (QED) is 0.787. The molecule has 0 spiro atoms. The van der Waals surface area contributed by atoms with Crippen LogP contribution in [0.3, 0.4) is 0 Å². The van der Waals surface area contributed by atoms with Crippen LogP contribution >= 0.6 is 23.5 Å². The van der Waals surface area contributed by atoms with Crippen LogP contribution in [0.1, 0.15) is 61.8 Å². The van der Waals surface area contributed by atoms with Crippen molar-refractivity contribution in [1.29, 1.82) is 0 Å². The van der Waals surface area contributed by atoms with Crippen molar-refractivity contribution < 1.29 is 9.59 Å². The highest BCUT2D eigenvalue weighted by Gasteiger charge is 2.16. The summed E-state index contributed by atoms with van der Waals surface area (Å²) in [4.78, 5) is 19.8. The van der Waals surface area contributed by atoms with Gasteiger partial charge in [0.15, 0.2) is 0 Å². The van der Waals surface area contributed by atoms with Crippen LogP contribution in [0.15, 0.2) is 0 Å². The fourth-order valence-corrected chi connectivity index (χ4v) is 0. The summed E-state index contributed by atoms with van der Waals surface area (Å²) in [5.41, 5.74) is 9.22. The Bertz CT molecular complexity index is 268. The van der Waals surface area contributed by atoms with E-state index in [0.717, 1.165) is 0 Å². The molecule has 4 N–H and O–H groups in total. The molecular formula is C16H38N2O2S2. The molecule has 4 nitrogen and oxygen atoms in total. The molecule has 0 bridgehead atoms. The van der Waals surface area contributed by atoms with E-state index < -0.39 is 0 Å². The zero-order valence-corrected chi connectivity index (χ0v) is 17.8. The van der Waals surface area contributed by atoms with Crippen molar-refractivity contribution in [1.82, 2.24) is 0 Å². The molecule has 0 radical (unpaired) electrons. The molecule has 0 aliphatic rings. The first-order chi connectivity index (χ1) is 9.69. The number of amides is 2. The Morgan fingerprint density at radius 3 is 1.09 bits per heavy atom. The molecule has 0 aromatic carbocycles. The Hall–Kier alpha value is -0.360. The summed E-state index contributed by atoms with van der Waals surface area (Å²) in [5, 5.41) is 0. The zero-order valence-electron chi connectivity index (χ0n) is 16.2. The van der Waals surface area contributed by atoms with Gasteiger partial charge in [0.1, 0.15) is 0 Å². The van der Waals surface area contributed by atoms with Gasteiger partial charge in [-0.25, -0.2) is 0 Å². The SMILES string of the molecule is CC(C)(C)C(N)=O.CCC(N)=O.CCSC.CSC(C)(C)C. The molecule has 0 aromatic rings. The maximum absolute atomic E-state index is 10.2. The lowest BCUT2D eigenvalue weighted by molar-refractivity contribution is -0.125. The van der Waals surface area contributed by atoms with Crippen molar-refractivity contribution in [3.63, 3.8) is 0 Å². The van der Waals surface area contributed by atoms with Crippen molar-refractivity contribution >= 4 is 35.3 Å². The topological polar surface area (TPSA) is 86.2 Å². The van der Waals surface area contributed by atoms with Gasteiger partial charge in [0.05, 0.1) is 0 Å². The first-order valence-corrected chi connectivity index (χ1v) is 9.93. The van der Waals surface area contributed by atoms with Crippen LogP contribution in [-0.4, -0.2) is 34.8 Å². The van der Waals surface area contributed by atoms with E-state index >= 15 is 0 Å². The molecule has 0 aromatic heterocycles. The van der Waals surface area contributed by atoms with Gasteiger partial charge < -0.3 is 11.5 Å². The summed E-state index contributed by atoms with van der Waals surface area (Å²) in [6, 6.07) is 0. The maximum Gasteiger partial charge on any atom is 0.222 e. The summed E-state index contributed by atoms with van der Waals surface area (Å²) in [6.45, 7) is 15.8. The largest absolute Gasteiger partial charge is 0.370 e. The minimum atomic E-state index is -0.361. The van der Waals surface area contributed by atoms with Crippen molar-refractivity contribution in [2.24, 2.45) is 16.9 Å². The number of carbonyl (C=O) groups is 2. The van der Waals surface area contributed by atoms with Gasteiger partial charge in [-0.1, -0.05) is 55.4 Å². The maximum atomic E-state index is 10.2. The molecule has 0 heterocycles. The van der Waals surface area contributed by atoms with Gasteiger partial charge >= 0.3 is 0 Å². The molecule has 2 amide bonds. The van der Waals surface area contributed by atoms with E-state index in [1.54, 1.807) is 27.7 Å². The van der Waals surface area contributed by atoms with Crippen molar-refractivity contribution in [3.05, 3.63) is 0 Å². The summed E-state index contributed by atoms with van der Waals surface area (Å²) >= 11 is 3.74. The lowest BCUT2D eigenvalue weighted by Gasteiger charge is -2.12. The van der Waals surface area contributed by atoms with Crippen LogP contribution < -0.4 is 11.5 Å². The minimum absolute atomic E-state index is 0.245. The van der Waals surface area contributed by atoms with Gasteiger partial charge in [-0.2, -0.15) is 23.5 Å². The summed E-state index contributed by atoms with van der Waals surface area (Å²) in [7, 11) is 0. The van der Waals surface area contributed by atoms with Crippen LogP contribution in [0.5, 0.6) is 0 Å². The molecule has 0 saturated carbocycles. The van der Waals surface area contributed by atoms with Crippen LogP contribution in [-0.2, 0) is 9.59 Å². The fraction of sp³-hybridized carbons (Fsp3) is 0.875. The third-order valence-electron chi connectivity index (χ3n) is 1.99. The molecule has 22 heavy (non-hydrogen) atoms. The number of rotatable bonds is 2. The molecule has 0 fully saturated rings. The summed E-state index contributed by atoms with van der Waals surface area (Å²) in [5.74, 6) is 0.734. The standard InChI is InChI=1S/C5H11NO.C5H12S.C3H7NO.C3H8S/c1-5(2,3)4(6)7;1-5(2,3)6-4;1-2-3(4)5;1-3-4-2/h1-3H3,(H2,6,7);1-4H3;2H2,1H3,(H2,4,5);3H2,1-2H3. The fourth-order valence-electron chi connectivity index (χ4n) is 0. The highest BCUT2D eigenvalue weighted by atomic mass is 32.2. The Balaban J connectivity index is -0.000000100. The molecular weight excluding hydrogens is 316 g/mol. The monoisotopic (exact) mass is 354 g/mol. The molecule has 0 aliphatic heterocycles. The first kappa shape index (κ1) is 29.6. The molecule has 0 atom stereocenters. The number of primary amides is 2. The van der Waals surface area contributed by atoms with Gasteiger partial charge in [0.2, 0.25) is 11.8 Å². The number of hydrogen-bond donors (Lipinski definition) is 2. The molecule has 6 heteroatoms. The van der Waals surface area contributed by atoms with Crippen molar-refractivity contribution in [2.45, 2.75) is 66.6 Å². The van der Waals surface area contributed by atoms with E-state index in [9.17, 15) is 9.59 Å². The van der Waals surface area contributed by atoms with Gasteiger partial charge in [-0.3, -0.25) is 9.59 Å². The molecule has 0 aliphatic carbocycles. The normalized spacial score (nSPS) is 9.91. The number of hydrogen-bond acceptors (Lipinski definition) is 4.